The third-order valence-corrected chi connectivity index (χ3v) is 5.10. The molecule has 0 aliphatic rings. The number of nitrogens with zero attached hydrogens (tertiary/aromatic N) is 2. The van der Waals surface area contributed by atoms with Gasteiger partial charge in [0.2, 0.25) is 5.91 Å². The van der Waals surface area contributed by atoms with Gasteiger partial charge >= 0.3 is 5.97 Å². The number of aromatic nitrogens is 1. The molecule has 0 aliphatic carbocycles. The highest BCUT2D eigenvalue weighted by atomic mass is 16.5. The third kappa shape index (κ3) is 4.76. The van der Waals surface area contributed by atoms with Crippen LogP contribution in [0.5, 0.6) is 0 Å². The maximum absolute atomic E-state index is 12.3. The Morgan fingerprint density at radius 2 is 1.90 bits per heavy atom. The molecule has 3 aromatic rings. The monoisotopic (exact) mass is 405 g/mol. The van der Waals surface area contributed by atoms with E-state index in [1.807, 2.05) is 61.7 Å². The van der Waals surface area contributed by atoms with Gasteiger partial charge in [0.05, 0.1) is 19.2 Å². The molecule has 0 radical (unpaired) electrons. The maximum atomic E-state index is 12.3. The molecule has 0 unspecified atom stereocenters. The molecule has 0 saturated heterocycles. The van der Waals surface area contributed by atoms with Crippen molar-refractivity contribution in [2.24, 2.45) is 5.10 Å². The van der Waals surface area contributed by atoms with Crippen molar-refractivity contribution in [3.8, 4) is 0 Å². The zero-order valence-corrected chi connectivity index (χ0v) is 17.9. The summed E-state index contributed by atoms with van der Waals surface area (Å²) in [6.07, 6.45) is 1.91. The van der Waals surface area contributed by atoms with Crippen LogP contribution in [0.15, 0.2) is 47.6 Å². The molecular weight excluding hydrogens is 378 g/mol. The fourth-order valence-electron chi connectivity index (χ4n) is 3.59. The second-order valence-electron chi connectivity index (χ2n) is 7.31. The second kappa shape index (κ2) is 9.39. The van der Waals surface area contributed by atoms with Crippen molar-refractivity contribution >= 4 is 29.0 Å². The number of hydrazone groups is 1. The molecule has 1 aromatic heterocycles. The molecule has 0 saturated carbocycles. The molecule has 156 valence electrons. The van der Waals surface area contributed by atoms with Crippen molar-refractivity contribution < 1.29 is 14.3 Å². The van der Waals surface area contributed by atoms with E-state index in [1.54, 1.807) is 13.1 Å². The first-order valence-corrected chi connectivity index (χ1v) is 10.0. The molecule has 0 spiro atoms. The Balaban J connectivity index is 1.78. The molecule has 6 heteroatoms. The lowest BCUT2D eigenvalue weighted by molar-refractivity contribution is -0.143. The van der Waals surface area contributed by atoms with Gasteiger partial charge in [0.15, 0.2) is 0 Å². The predicted octanol–water partition coefficient (Wildman–Crippen LogP) is 3.82. The van der Waals surface area contributed by atoms with Gasteiger partial charge in [0.25, 0.3) is 0 Å². The first kappa shape index (κ1) is 21.3. The van der Waals surface area contributed by atoms with E-state index in [2.05, 4.69) is 16.6 Å². The molecular formula is C24H27N3O3. The van der Waals surface area contributed by atoms with Crippen molar-refractivity contribution in [1.29, 1.82) is 0 Å². The summed E-state index contributed by atoms with van der Waals surface area (Å²) in [5.74, 6) is -0.460. The quantitative estimate of drug-likeness (QED) is 0.369. The molecule has 0 aliphatic heterocycles. The number of hydrogen-bond acceptors (Lipinski definition) is 4. The van der Waals surface area contributed by atoms with Crippen LogP contribution in [-0.4, -0.2) is 29.3 Å². The lowest BCUT2D eigenvalue weighted by Gasteiger charge is -2.07. The number of carbonyl (C=O) groups excluding carboxylic acids is 2. The number of nitrogens with one attached hydrogen (secondary N) is 1. The summed E-state index contributed by atoms with van der Waals surface area (Å²) in [6.45, 7) is 8.23. The largest absolute Gasteiger partial charge is 0.465 e. The minimum absolute atomic E-state index is 0.132. The minimum atomic E-state index is -0.286. The van der Waals surface area contributed by atoms with Crippen LogP contribution in [0, 0.1) is 20.8 Å². The smallest absolute Gasteiger partial charge is 0.325 e. The first-order chi connectivity index (χ1) is 14.4. The number of carbonyl (C=O) groups is 2. The van der Waals surface area contributed by atoms with Gasteiger partial charge in [0.1, 0.15) is 6.54 Å². The average molecular weight is 405 g/mol. The maximum Gasteiger partial charge on any atom is 0.325 e. The van der Waals surface area contributed by atoms with E-state index in [0.717, 1.165) is 33.3 Å². The van der Waals surface area contributed by atoms with E-state index in [4.69, 9.17) is 4.74 Å². The SMILES string of the molecule is CCOC(=O)Cn1c(C)c(/C=N\NC(=O)Cc2ccc(C)cc2C)c2ccccc21. The van der Waals surface area contributed by atoms with Gasteiger partial charge in [-0.05, 0) is 44.9 Å². The lowest BCUT2D eigenvalue weighted by Crippen LogP contribution is -2.20. The summed E-state index contributed by atoms with van der Waals surface area (Å²) in [5, 5.41) is 5.14. The summed E-state index contributed by atoms with van der Waals surface area (Å²) in [7, 11) is 0. The molecule has 3 rings (SSSR count). The van der Waals surface area contributed by atoms with Gasteiger partial charge in [-0.15, -0.1) is 0 Å². The number of fused-ring (bicyclic) bond motifs is 1. The van der Waals surface area contributed by atoms with Crippen LogP contribution in [0.4, 0.5) is 0 Å². The molecule has 30 heavy (non-hydrogen) atoms. The van der Waals surface area contributed by atoms with Gasteiger partial charge in [-0.3, -0.25) is 9.59 Å². The van der Waals surface area contributed by atoms with Crippen molar-refractivity contribution in [3.05, 3.63) is 70.4 Å². The summed E-state index contributed by atoms with van der Waals surface area (Å²) >= 11 is 0. The first-order valence-electron chi connectivity index (χ1n) is 10.0. The van der Waals surface area contributed by atoms with Crippen LogP contribution in [0.25, 0.3) is 10.9 Å². The molecule has 0 atom stereocenters. The van der Waals surface area contributed by atoms with E-state index < -0.39 is 0 Å². The Hall–Kier alpha value is -3.41. The second-order valence-corrected chi connectivity index (χ2v) is 7.31. The molecule has 1 amide bonds. The summed E-state index contributed by atoms with van der Waals surface area (Å²) < 4.78 is 7.00. The van der Waals surface area contributed by atoms with Gasteiger partial charge in [-0.25, -0.2) is 5.43 Å². The van der Waals surface area contributed by atoms with E-state index in [9.17, 15) is 9.59 Å². The highest BCUT2D eigenvalue weighted by Crippen LogP contribution is 2.24. The van der Waals surface area contributed by atoms with Crippen molar-refractivity contribution in [1.82, 2.24) is 9.99 Å². The number of rotatable bonds is 7. The average Bonchev–Trinajstić information content (AvgIpc) is 2.96. The van der Waals surface area contributed by atoms with Crippen molar-refractivity contribution in [2.45, 2.75) is 40.7 Å². The number of para-hydroxylation sites is 1. The third-order valence-electron chi connectivity index (χ3n) is 5.10. The minimum Gasteiger partial charge on any atom is -0.465 e. The predicted molar refractivity (Wildman–Crippen MR) is 119 cm³/mol. The number of amides is 1. The summed E-state index contributed by atoms with van der Waals surface area (Å²) in [6, 6.07) is 13.8. The number of aryl methyl sites for hydroxylation is 2. The van der Waals surface area contributed by atoms with Crippen LogP contribution < -0.4 is 5.43 Å². The van der Waals surface area contributed by atoms with Gasteiger partial charge in [-0.2, -0.15) is 5.10 Å². The zero-order valence-electron chi connectivity index (χ0n) is 17.9. The molecule has 1 heterocycles. The fraction of sp³-hybridized carbons (Fsp3) is 0.292. The highest BCUT2D eigenvalue weighted by Gasteiger charge is 2.15. The number of ether oxygens (including phenoxy) is 1. The molecule has 2 aromatic carbocycles. The molecule has 6 nitrogen and oxygen atoms in total. The fourth-order valence-corrected chi connectivity index (χ4v) is 3.59. The van der Waals surface area contributed by atoms with Crippen LogP contribution >= 0.6 is 0 Å². The summed E-state index contributed by atoms with van der Waals surface area (Å²) in [5.41, 5.74) is 8.53. The van der Waals surface area contributed by atoms with Crippen LogP contribution in [0.3, 0.4) is 0 Å². The Morgan fingerprint density at radius 3 is 2.63 bits per heavy atom. The van der Waals surface area contributed by atoms with Crippen molar-refractivity contribution in [3.63, 3.8) is 0 Å². The van der Waals surface area contributed by atoms with Crippen LogP contribution in [0.2, 0.25) is 0 Å². The number of esters is 1. The van der Waals surface area contributed by atoms with E-state index >= 15 is 0 Å². The molecule has 0 fully saturated rings. The number of hydrogen-bond donors (Lipinski definition) is 1. The Bertz CT molecular complexity index is 1110. The van der Waals surface area contributed by atoms with Crippen LogP contribution in [0.1, 0.15) is 34.9 Å². The van der Waals surface area contributed by atoms with Crippen LogP contribution in [-0.2, 0) is 27.3 Å². The van der Waals surface area contributed by atoms with Gasteiger partial charge in [0, 0.05) is 22.2 Å². The zero-order chi connectivity index (χ0) is 21.7. The Kier molecular flexibility index (Phi) is 6.67. The van der Waals surface area contributed by atoms with Gasteiger partial charge in [-0.1, -0.05) is 42.0 Å². The Labute approximate surface area is 176 Å². The van der Waals surface area contributed by atoms with E-state index in [0.29, 0.717) is 6.61 Å². The standard InChI is InChI=1S/C24H27N3O3/c1-5-30-24(29)15-27-18(4)21(20-8-6-7-9-22(20)27)14-25-26-23(28)13-19-11-10-16(2)12-17(19)3/h6-12,14H,5,13,15H2,1-4H3,(H,26,28)/b25-14-. The lowest BCUT2D eigenvalue weighted by atomic mass is 10.0. The van der Waals surface area contributed by atoms with E-state index in [-0.39, 0.29) is 24.8 Å². The van der Waals surface area contributed by atoms with Gasteiger partial charge < -0.3 is 9.30 Å². The normalized spacial score (nSPS) is 11.2. The Morgan fingerprint density at radius 1 is 1.13 bits per heavy atom. The molecule has 1 N–H and O–H groups in total. The highest BCUT2D eigenvalue weighted by molar-refractivity contribution is 6.01. The molecule has 0 bridgehead atoms. The number of benzene rings is 2. The topological polar surface area (TPSA) is 72.7 Å². The van der Waals surface area contributed by atoms with Crippen molar-refractivity contribution in [2.75, 3.05) is 6.61 Å². The van der Waals surface area contributed by atoms with E-state index in [1.165, 1.54) is 5.56 Å². The summed E-state index contributed by atoms with van der Waals surface area (Å²) in [4.78, 5) is 24.3.